The molecule has 0 N–H and O–H groups in total. The smallest absolute Gasteiger partial charge is 0.0632 e. The summed E-state index contributed by atoms with van der Waals surface area (Å²) in [4.78, 5) is 6.64. The van der Waals surface area contributed by atoms with Gasteiger partial charge in [0, 0.05) is 38.2 Å². The zero-order valence-corrected chi connectivity index (χ0v) is 24.9. The lowest BCUT2D eigenvalue weighted by atomic mass is 9.85. The van der Waals surface area contributed by atoms with Gasteiger partial charge in [0.05, 0.1) is 39.7 Å². The Balaban J connectivity index is 1.33. The minimum absolute atomic E-state index is 1.15. The number of benzene rings is 6. The van der Waals surface area contributed by atoms with Gasteiger partial charge < -0.3 is 14.7 Å². The van der Waals surface area contributed by atoms with E-state index in [1.807, 2.05) is 18.2 Å². The highest BCUT2D eigenvalue weighted by Crippen LogP contribution is 2.36. The number of nitrogens with zero attached hydrogens (tertiary/aromatic N) is 3. The van der Waals surface area contributed by atoms with Crippen LogP contribution in [0.2, 0.25) is 0 Å². The van der Waals surface area contributed by atoms with E-state index in [0.717, 1.165) is 34.1 Å². The maximum absolute atomic E-state index is 2.23. The quantitative estimate of drug-likeness (QED) is 0.129. The molecular weight excluding hydrogens is 522 g/mol. The average molecular weight is 559 g/mol. The molecule has 0 bridgehead atoms. The first-order valence-electron chi connectivity index (χ1n) is 14.6. The van der Waals surface area contributed by atoms with Crippen molar-refractivity contribution < 1.29 is 0 Å². The SMILES string of the molecule is CN(c1ccccc1)c1ccc([C+](c2ccc(N(C)c3ccccc3)cc2)c2ccc(N(C)c3ccccc3)cc2)cc1. The maximum atomic E-state index is 2.23. The van der Waals surface area contributed by atoms with E-state index in [1.54, 1.807) is 0 Å². The molecule has 0 heterocycles. The molecule has 3 heteroatoms. The van der Waals surface area contributed by atoms with Crippen LogP contribution in [-0.4, -0.2) is 21.1 Å². The molecule has 0 aliphatic heterocycles. The Morgan fingerprint density at radius 1 is 0.279 bits per heavy atom. The second-order valence-corrected chi connectivity index (χ2v) is 10.7. The Morgan fingerprint density at radius 2 is 0.488 bits per heavy atom. The van der Waals surface area contributed by atoms with Gasteiger partial charge in [0.2, 0.25) is 0 Å². The fraction of sp³-hybridized carbons (Fsp3) is 0.0750. The minimum Gasteiger partial charge on any atom is -0.344 e. The summed E-state index contributed by atoms with van der Waals surface area (Å²) in [5, 5.41) is 0. The molecular formula is C40H36N3+. The molecule has 0 saturated heterocycles. The van der Waals surface area contributed by atoms with Gasteiger partial charge in [0.15, 0.2) is 0 Å². The van der Waals surface area contributed by atoms with Crippen molar-refractivity contribution in [2.45, 2.75) is 0 Å². The largest absolute Gasteiger partial charge is 0.344 e. The third-order valence-electron chi connectivity index (χ3n) is 8.06. The zero-order chi connectivity index (χ0) is 29.6. The van der Waals surface area contributed by atoms with Crippen LogP contribution < -0.4 is 14.7 Å². The van der Waals surface area contributed by atoms with Gasteiger partial charge in [-0.05, 0) is 109 Å². The van der Waals surface area contributed by atoms with Gasteiger partial charge in [-0.2, -0.15) is 0 Å². The Morgan fingerprint density at radius 3 is 0.721 bits per heavy atom. The first kappa shape index (κ1) is 27.7. The van der Waals surface area contributed by atoms with E-state index >= 15 is 0 Å². The molecule has 6 aromatic rings. The number of hydrogen-bond donors (Lipinski definition) is 0. The monoisotopic (exact) mass is 558 g/mol. The lowest BCUT2D eigenvalue weighted by molar-refractivity contribution is 1.17. The van der Waals surface area contributed by atoms with Crippen molar-refractivity contribution in [1.82, 2.24) is 0 Å². The topological polar surface area (TPSA) is 9.72 Å². The van der Waals surface area contributed by atoms with Crippen molar-refractivity contribution in [3.63, 3.8) is 0 Å². The van der Waals surface area contributed by atoms with Crippen LogP contribution in [0.1, 0.15) is 16.7 Å². The molecule has 0 atom stereocenters. The summed E-state index contributed by atoms with van der Waals surface area (Å²) in [5.74, 6) is 1.21. The molecule has 6 rings (SSSR count). The van der Waals surface area contributed by atoms with Crippen molar-refractivity contribution in [2.75, 3.05) is 35.8 Å². The third kappa shape index (κ3) is 6.12. The molecule has 0 saturated carbocycles. The van der Waals surface area contributed by atoms with Crippen LogP contribution in [0.5, 0.6) is 0 Å². The lowest BCUT2D eigenvalue weighted by Crippen LogP contribution is -2.11. The molecule has 0 aromatic heterocycles. The predicted octanol–water partition coefficient (Wildman–Crippen LogP) is 10.0. The Kier molecular flexibility index (Phi) is 8.15. The second-order valence-electron chi connectivity index (χ2n) is 10.7. The van der Waals surface area contributed by atoms with E-state index in [0.29, 0.717) is 0 Å². The lowest BCUT2D eigenvalue weighted by Gasteiger charge is -2.22. The molecule has 0 unspecified atom stereocenters. The number of para-hydroxylation sites is 3. The minimum atomic E-state index is 1.15. The summed E-state index contributed by atoms with van der Waals surface area (Å²) < 4.78 is 0. The molecule has 210 valence electrons. The van der Waals surface area contributed by atoms with Crippen molar-refractivity contribution in [3.8, 4) is 0 Å². The average Bonchev–Trinajstić information content (AvgIpc) is 3.09. The van der Waals surface area contributed by atoms with Gasteiger partial charge in [0.1, 0.15) is 0 Å². The van der Waals surface area contributed by atoms with Gasteiger partial charge in [-0.25, -0.2) is 0 Å². The summed E-state index contributed by atoms with van der Waals surface area (Å²) >= 11 is 0. The van der Waals surface area contributed by atoms with Crippen LogP contribution in [0.15, 0.2) is 164 Å². The molecule has 0 spiro atoms. The van der Waals surface area contributed by atoms with Crippen LogP contribution in [-0.2, 0) is 0 Å². The molecule has 0 aliphatic rings. The molecule has 0 amide bonds. The van der Waals surface area contributed by atoms with E-state index in [1.165, 1.54) is 22.6 Å². The summed E-state index contributed by atoms with van der Waals surface area (Å²) in [6.07, 6.45) is 0. The van der Waals surface area contributed by atoms with E-state index in [9.17, 15) is 0 Å². The molecule has 0 aliphatic carbocycles. The molecule has 43 heavy (non-hydrogen) atoms. The summed E-state index contributed by atoms with van der Waals surface area (Å²) in [7, 11) is 6.33. The highest BCUT2D eigenvalue weighted by molar-refractivity contribution is 5.69. The summed E-state index contributed by atoms with van der Waals surface area (Å²) in [6, 6.07) is 58.0. The summed E-state index contributed by atoms with van der Waals surface area (Å²) in [6.45, 7) is 0. The van der Waals surface area contributed by atoms with E-state index < -0.39 is 0 Å². The van der Waals surface area contributed by atoms with Crippen molar-refractivity contribution in [1.29, 1.82) is 0 Å². The van der Waals surface area contributed by atoms with Crippen LogP contribution in [0, 0.1) is 5.92 Å². The van der Waals surface area contributed by atoms with Gasteiger partial charge >= 0.3 is 0 Å². The van der Waals surface area contributed by atoms with Gasteiger partial charge in [-0.3, -0.25) is 0 Å². The van der Waals surface area contributed by atoms with Gasteiger partial charge in [-0.15, -0.1) is 0 Å². The molecule has 0 radical (unpaired) electrons. The van der Waals surface area contributed by atoms with Crippen molar-refractivity contribution in [2.24, 2.45) is 0 Å². The first-order chi connectivity index (χ1) is 21.1. The number of hydrogen-bond acceptors (Lipinski definition) is 3. The first-order valence-corrected chi connectivity index (χ1v) is 14.6. The van der Waals surface area contributed by atoms with Crippen LogP contribution in [0.3, 0.4) is 0 Å². The second kappa shape index (κ2) is 12.6. The van der Waals surface area contributed by atoms with Crippen LogP contribution in [0.25, 0.3) is 0 Å². The number of rotatable bonds is 9. The van der Waals surface area contributed by atoms with Gasteiger partial charge in [-0.1, -0.05) is 54.6 Å². The van der Waals surface area contributed by atoms with E-state index in [-0.39, 0.29) is 0 Å². The van der Waals surface area contributed by atoms with E-state index in [4.69, 9.17) is 0 Å². The highest BCUT2D eigenvalue weighted by Gasteiger charge is 2.24. The van der Waals surface area contributed by atoms with Crippen LogP contribution in [0.4, 0.5) is 34.1 Å². The normalized spacial score (nSPS) is 10.7. The number of anilines is 6. The Labute approximate surface area is 255 Å². The highest BCUT2D eigenvalue weighted by atomic mass is 15.1. The van der Waals surface area contributed by atoms with E-state index in [2.05, 4.69) is 181 Å². The zero-order valence-electron chi connectivity index (χ0n) is 24.9. The molecule has 0 fully saturated rings. The Hall–Kier alpha value is -5.41. The third-order valence-corrected chi connectivity index (χ3v) is 8.06. The fourth-order valence-electron chi connectivity index (χ4n) is 5.46. The van der Waals surface area contributed by atoms with Gasteiger partial charge in [0.25, 0.3) is 0 Å². The maximum Gasteiger partial charge on any atom is 0.0632 e. The molecule has 6 aromatic carbocycles. The standard InChI is InChI=1S/C40H36N3/c1-41(34-13-7-4-8-14-34)37-25-19-31(20-26-37)40(32-21-27-38(28-22-32)42(2)35-15-9-5-10-16-35)33-23-29-39(30-24-33)43(3)36-17-11-6-12-18-36/h4-30H,1-3H3/q+1. The van der Waals surface area contributed by atoms with Crippen LogP contribution >= 0.6 is 0 Å². The predicted molar refractivity (Wildman–Crippen MR) is 183 cm³/mol. The molecule has 3 nitrogen and oxygen atoms in total. The Bertz CT molecular complexity index is 1500. The van der Waals surface area contributed by atoms with Crippen molar-refractivity contribution in [3.05, 3.63) is 186 Å². The van der Waals surface area contributed by atoms with Crippen molar-refractivity contribution >= 4 is 34.1 Å². The summed E-state index contributed by atoms with van der Waals surface area (Å²) in [5.41, 5.74) is 10.5. The fourth-order valence-corrected chi connectivity index (χ4v) is 5.46.